The number of nitrogens with one attached hydrogen (secondary N) is 2. The molecule has 2 N–H and O–H groups in total. The van der Waals surface area contributed by atoms with E-state index in [9.17, 15) is 8.42 Å². The van der Waals surface area contributed by atoms with Crippen LogP contribution in [0.1, 0.15) is 25.0 Å². The molecule has 2 atom stereocenters. The van der Waals surface area contributed by atoms with Gasteiger partial charge in [0, 0.05) is 32.7 Å². The quantitative estimate of drug-likeness (QED) is 0.733. The minimum Gasteiger partial charge on any atom is -0.379 e. The molecule has 1 fully saturated rings. The Labute approximate surface area is 112 Å². The summed E-state index contributed by atoms with van der Waals surface area (Å²) in [6.45, 7) is 3.03. The van der Waals surface area contributed by atoms with Crippen LogP contribution in [-0.4, -0.2) is 61.0 Å². The van der Waals surface area contributed by atoms with Gasteiger partial charge in [0.2, 0.25) is 0 Å². The molecule has 0 aliphatic carbocycles. The van der Waals surface area contributed by atoms with Gasteiger partial charge in [-0.05, 0) is 6.42 Å². The van der Waals surface area contributed by atoms with Gasteiger partial charge in [-0.15, -0.1) is 0 Å². The molecule has 108 valence electrons. The Hall–Kier alpha value is -1.03. The van der Waals surface area contributed by atoms with Crippen LogP contribution in [-0.2, 0) is 14.9 Å². The monoisotopic (exact) mass is 289 g/mol. The molecule has 1 aromatic rings. The molecular formula is C10H19N5O3S. The first-order valence-electron chi connectivity index (χ1n) is 6.21. The van der Waals surface area contributed by atoms with Crippen LogP contribution in [0.15, 0.2) is 6.20 Å². The number of aromatic amines is 1. The van der Waals surface area contributed by atoms with Crippen molar-refractivity contribution in [2.24, 2.45) is 0 Å². The van der Waals surface area contributed by atoms with Crippen LogP contribution in [0, 0.1) is 0 Å². The van der Waals surface area contributed by atoms with Gasteiger partial charge < -0.3 is 4.74 Å². The molecule has 9 heteroatoms. The average molecular weight is 289 g/mol. The summed E-state index contributed by atoms with van der Waals surface area (Å²) >= 11 is 0. The van der Waals surface area contributed by atoms with Gasteiger partial charge in [-0.3, -0.25) is 0 Å². The molecule has 0 radical (unpaired) electrons. The molecule has 0 aromatic carbocycles. The van der Waals surface area contributed by atoms with Gasteiger partial charge in [0.05, 0.1) is 18.0 Å². The fraction of sp³-hybridized carbons (Fsp3) is 0.800. The Morgan fingerprint density at radius 3 is 2.95 bits per heavy atom. The third-order valence-corrected chi connectivity index (χ3v) is 4.77. The number of ether oxygens (including phenoxy) is 1. The zero-order chi connectivity index (χ0) is 13.9. The molecule has 8 nitrogen and oxygen atoms in total. The summed E-state index contributed by atoms with van der Waals surface area (Å²) in [5.41, 5.74) is 0.722. The lowest BCUT2D eigenvalue weighted by molar-refractivity contribution is 0.101. The zero-order valence-corrected chi connectivity index (χ0v) is 11.9. The van der Waals surface area contributed by atoms with Crippen molar-refractivity contribution < 1.29 is 13.2 Å². The van der Waals surface area contributed by atoms with Gasteiger partial charge in [0.15, 0.2) is 0 Å². The van der Waals surface area contributed by atoms with Crippen LogP contribution < -0.4 is 4.72 Å². The molecule has 2 heterocycles. The Balaban J connectivity index is 2.11. The van der Waals surface area contributed by atoms with Crippen molar-refractivity contribution in [2.45, 2.75) is 25.4 Å². The van der Waals surface area contributed by atoms with E-state index in [4.69, 9.17) is 4.74 Å². The van der Waals surface area contributed by atoms with E-state index in [1.165, 1.54) is 4.31 Å². The lowest BCUT2D eigenvalue weighted by Crippen LogP contribution is -2.40. The maximum Gasteiger partial charge on any atom is 0.279 e. The molecule has 0 amide bonds. The molecule has 0 bridgehead atoms. The van der Waals surface area contributed by atoms with Crippen LogP contribution in [0.25, 0.3) is 0 Å². The van der Waals surface area contributed by atoms with Crippen molar-refractivity contribution in [3.05, 3.63) is 11.9 Å². The average Bonchev–Trinajstić information content (AvgIpc) is 3.04. The normalized spacial score (nSPS) is 24.9. The van der Waals surface area contributed by atoms with Gasteiger partial charge >= 0.3 is 0 Å². The summed E-state index contributed by atoms with van der Waals surface area (Å²) in [5.74, 6) is -0.0954. The molecule has 2 rings (SSSR count). The Morgan fingerprint density at radius 1 is 1.58 bits per heavy atom. The van der Waals surface area contributed by atoms with Gasteiger partial charge in [0.25, 0.3) is 10.2 Å². The summed E-state index contributed by atoms with van der Waals surface area (Å²) in [6, 6.07) is 0. The first kappa shape index (κ1) is 14.4. The zero-order valence-electron chi connectivity index (χ0n) is 11.0. The maximum absolute atomic E-state index is 12.1. The van der Waals surface area contributed by atoms with Crippen LogP contribution in [0.2, 0.25) is 0 Å². The fourth-order valence-corrected chi connectivity index (χ4v) is 3.51. The summed E-state index contributed by atoms with van der Waals surface area (Å²) in [6.07, 6.45) is 2.16. The Bertz CT molecular complexity index is 489. The second-order valence-corrected chi connectivity index (χ2v) is 6.25. The van der Waals surface area contributed by atoms with E-state index in [2.05, 4.69) is 20.1 Å². The van der Waals surface area contributed by atoms with Crippen molar-refractivity contribution in [1.82, 2.24) is 24.4 Å². The predicted octanol–water partition coefficient (Wildman–Crippen LogP) is -0.537. The highest BCUT2D eigenvalue weighted by Gasteiger charge is 2.40. The minimum atomic E-state index is -3.44. The van der Waals surface area contributed by atoms with Crippen molar-refractivity contribution in [3.63, 3.8) is 0 Å². The molecule has 1 aliphatic rings. The van der Waals surface area contributed by atoms with Crippen LogP contribution in [0.3, 0.4) is 0 Å². The standard InChI is InChI=1S/C10H19N5O3S/c1-3-4-12-19(16,17)15-6-8(10(7-15)18-2)9-5-11-14-13-9/h5,8,10,12H,3-4,6-7H2,1-2H3,(H,11,13,14)/t8-,10+/m0/s1. The number of nitrogens with zero attached hydrogens (tertiary/aromatic N) is 3. The number of aromatic nitrogens is 3. The molecule has 0 spiro atoms. The molecule has 19 heavy (non-hydrogen) atoms. The molecule has 1 aromatic heterocycles. The van der Waals surface area contributed by atoms with Gasteiger partial charge in [-0.2, -0.15) is 28.1 Å². The first-order chi connectivity index (χ1) is 9.08. The molecule has 0 saturated carbocycles. The number of methoxy groups -OCH3 is 1. The van der Waals surface area contributed by atoms with Crippen molar-refractivity contribution in [1.29, 1.82) is 0 Å². The summed E-state index contributed by atoms with van der Waals surface area (Å²) in [5, 5.41) is 10.3. The highest BCUT2D eigenvalue weighted by atomic mass is 32.2. The number of H-pyrrole nitrogens is 1. The van der Waals surface area contributed by atoms with E-state index < -0.39 is 10.2 Å². The van der Waals surface area contributed by atoms with E-state index in [1.54, 1.807) is 13.3 Å². The Morgan fingerprint density at radius 2 is 2.37 bits per heavy atom. The minimum absolute atomic E-state index is 0.0954. The molecule has 1 aliphatic heterocycles. The summed E-state index contributed by atoms with van der Waals surface area (Å²) in [4.78, 5) is 0. The number of rotatable bonds is 6. The summed E-state index contributed by atoms with van der Waals surface area (Å²) < 4.78 is 33.5. The van der Waals surface area contributed by atoms with Gasteiger partial charge in [-0.1, -0.05) is 6.92 Å². The SMILES string of the molecule is CCCNS(=O)(=O)N1C[C@@H](OC)[C@H](c2cn[nH]n2)C1. The van der Waals surface area contributed by atoms with E-state index in [0.717, 1.165) is 12.1 Å². The largest absolute Gasteiger partial charge is 0.379 e. The lowest BCUT2D eigenvalue weighted by atomic mass is 10.0. The summed E-state index contributed by atoms with van der Waals surface area (Å²) in [7, 11) is -1.87. The van der Waals surface area contributed by atoms with E-state index >= 15 is 0 Å². The number of hydrogen-bond donors (Lipinski definition) is 2. The van der Waals surface area contributed by atoms with Crippen LogP contribution in [0.4, 0.5) is 0 Å². The highest BCUT2D eigenvalue weighted by molar-refractivity contribution is 7.87. The number of hydrogen-bond acceptors (Lipinski definition) is 5. The van der Waals surface area contributed by atoms with Crippen LogP contribution >= 0.6 is 0 Å². The molecular weight excluding hydrogens is 270 g/mol. The highest BCUT2D eigenvalue weighted by Crippen LogP contribution is 2.29. The van der Waals surface area contributed by atoms with Crippen molar-refractivity contribution in [2.75, 3.05) is 26.7 Å². The van der Waals surface area contributed by atoms with E-state index in [0.29, 0.717) is 19.6 Å². The van der Waals surface area contributed by atoms with Gasteiger partial charge in [0.1, 0.15) is 0 Å². The third kappa shape index (κ3) is 3.11. The first-order valence-corrected chi connectivity index (χ1v) is 7.65. The van der Waals surface area contributed by atoms with Crippen molar-refractivity contribution >= 4 is 10.2 Å². The van der Waals surface area contributed by atoms with Crippen LogP contribution in [0.5, 0.6) is 0 Å². The second kappa shape index (κ2) is 5.95. The Kier molecular flexibility index (Phi) is 4.50. The van der Waals surface area contributed by atoms with Crippen molar-refractivity contribution in [3.8, 4) is 0 Å². The van der Waals surface area contributed by atoms with E-state index in [1.807, 2.05) is 6.92 Å². The predicted molar refractivity (Wildman–Crippen MR) is 68.7 cm³/mol. The molecule has 0 unspecified atom stereocenters. The topological polar surface area (TPSA) is 100 Å². The third-order valence-electron chi connectivity index (χ3n) is 3.22. The van der Waals surface area contributed by atoms with E-state index in [-0.39, 0.29) is 12.0 Å². The second-order valence-electron chi connectivity index (χ2n) is 4.49. The molecule has 1 saturated heterocycles. The fourth-order valence-electron chi connectivity index (χ4n) is 2.17. The van der Waals surface area contributed by atoms with Gasteiger partial charge in [-0.25, -0.2) is 4.72 Å². The maximum atomic E-state index is 12.1. The lowest BCUT2D eigenvalue weighted by Gasteiger charge is -2.16. The smallest absolute Gasteiger partial charge is 0.279 e.